The average molecular weight is 236 g/mol. The molecule has 1 atom stereocenters. The summed E-state index contributed by atoms with van der Waals surface area (Å²) in [4.78, 5) is 25.5. The Morgan fingerprint density at radius 2 is 2.41 bits per heavy atom. The Morgan fingerprint density at radius 3 is 3.12 bits per heavy atom. The molecule has 1 amide bonds. The van der Waals surface area contributed by atoms with Crippen LogP contribution in [0.3, 0.4) is 0 Å². The zero-order valence-electron chi connectivity index (χ0n) is 9.05. The second-order valence-electron chi connectivity index (χ2n) is 3.78. The molecule has 1 fully saturated rings. The van der Waals surface area contributed by atoms with E-state index in [1.807, 2.05) is 0 Å². The molecular weight excluding hydrogens is 224 g/mol. The zero-order valence-corrected chi connectivity index (χ0v) is 9.05. The van der Waals surface area contributed by atoms with Gasteiger partial charge >= 0.3 is 5.69 Å². The molecule has 7 nitrogen and oxygen atoms in total. The molecule has 1 aromatic rings. The van der Waals surface area contributed by atoms with Crippen LogP contribution in [0.2, 0.25) is 0 Å². The van der Waals surface area contributed by atoms with Crippen LogP contribution in [-0.4, -0.2) is 28.4 Å². The van der Waals surface area contributed by atoms with Crippen molar-refractivity contribution in [2.45, 2.75) is 18.9 Å². The van der Waals surface area contributed by atoms with E-state index in [-0.39, 0.29) is 11.6 Å². The van der Waals surface area contributed by atoms with Crippen LogP contribution >= 0.6 is 0 Å². The molecule has 2 heterocycles. The van der Waals surface area contributed by atoms with Crippen LogP contribution in [0, 0.1) is 10.1 Å². The van der Waals surface area contributed by atoms with E-state index in [2.05, 4.69) is 15.6 Å². The Labute approximate surface area is 97.4 Å². The maximum absolute atomic E-state index is 11.5. The number of pyridine rings is 1. The van der Waals surface area contributed by atoms with Gasteiger partial charge in [-0.1, -0.05) is 0 Å². The van der Waals surface area contributed by atoms with Gasteiger partial charge in [-0.15, -0.1) is 0 Å². The molecule has 1 aliphatic rings. The second kappa shape index (κ2) is 4.77. The summed E-state index contributed by atoms with van der Waals surface area (Å²) in [5.41, 5.74) is 0.206. The number of carbonyl (C=O) groups excluding carboxylic acids is 1. The SMILES string of the molecule is O=C1NCCCC1Nc1ccncc1[N+](=O)[O-]. The average Bonchev–Trinajstić information content (AvgIpc) is 2.32. The number of rotatable bonds is 3. The Kier molecular flexibility index (Phi) is 3.17. The van der Waals surface area contributed by atoms with E-state index in [0.29, 0.717) is 18.7 Å². The van der Waals surface area contributed by atoms with Crippen molar-refractivity contribution in [3.05, 3.63) is 28.6 Å². The summed E-state index contributed by atoms with van der Waals surface area (Å²) in [5.74, 6) is -0.123. The maximum Gasteiger partial charge on any atom is 0.310 e. The van der Waals surface area contributed by atoms with Crippen LogP contribution in [0.25, 0.3) is 0 Å². The zero-order chi connectivity index (χ0) is 12.3. The summed E-state index contributed by atoms with van der Waals surface area (Å²) in [6.45, 7) is 0.662. The number of aromatic nitrogens is 1. The second-order valence-corrected chi connectivity index (χ2v) is 3.78. The van der Waals surface area contributed by atoms with Gasteiger partial charge in [0.25, 0.3) is 0 Å². The first-order valence-electron chi connectivity index (χ1n) is 5.31. The fraction of sp³-hybridized carbons (Fsp3) is 0.400. The lowest BCUT2D eigenvalue weighted by Crippen LogP contribution is -2.44. The molecule has 1 aromatic heterocycles. The van der Waals surface area contributed by atoms with E-state index in [0.717, 1.165) is 6.42 Å². The van der Waals surface area contributed by atoms with Crippen molar-refractivity contribution < 1.29 is 9.72 Å². The quantitative estimate of drug-likeness (QED) is 0.594. The van der Waals surface area contributed by atoms with E-state index >= 15 is 0 Å². The summed E-state index contributed by atoms with van der Waals surface area (Å²) in [7, 11) is 0. The Balaban J connectivity index is 2.17. The van der Waals surface area contributed by atoms with E-state index in [4.69, 9.17) is 0 Å². The number of piperidine rings is 1. The number of anilines is 1. The lowest BCUT2D eigenvalue weighted by molar-refractivity contribution is -0.384. The predicted molar refractivity (Wildman–Crippen MR) is 60.5 cm³/mol. The van der Waals surface area contributed by atoms with E-state index in [1.165, 1.54) is 18.5 Å². The van der Waals surface area contributed by atoms with Crippen molar-refractivity contribution in [2.24, 2.45) is 0 Å². The van der Waals surface area contributed by atoms with Gasteiger partial charge in [-0.2, -0.15) is 0 Å². The molecule has 7 heteroatoms. The summed E-state index contributed by atoms with van der Waals surface area (Å²) in [6.07, 6.45) is 4.16. The fourth-order valence-electron chi connectivity index (χ4n) is 1.75. The molecule has 0 saturated carbocycles. The van der Waals surface area contributed by atoms with Gasteiger partial charge in [0.05, 0.1) is 4.92 Å². The van der Waals surface area contributed by atoms with Gasteiger partial charge in [-0.3, -0.25) is 19.9 Å². The van der Waals surface area contributed by atoms with Crippen molar-refractivity contribution in [3.63, 3.8) is 0 Å². The first-order valence-corrected chi connectivity index (χ1v) is 5.31. The Morgan fingerprint density at radius 1 is 1.59 bits per heavy atom. The van der Waals surface area contributed by atoms with Crippen molar-refractivity contribution in [3.8, 4) is 0 Å². The van der Waals surface area contributed by atoms with Gasteiger partial charge < -0.3 is 10.6 Å². The molecule has 0 aromatic carbocycles. The highest BCUT2D eigenvalue weighted by Gasteiger charge is 2.24. The minimum atomic E-state index is -0.518. The molecule has 0 radical (unpaired) electrons. The first-order chi connectivity index (χ1) is 8.18. The van der Waals surface area contributed by atoms with Crippen molar-refractivity contribution in [1.29, 1.82) is 0 Å². The molecule has 17 heavy (non-hydrogen) atoms. The van der Waals surface area contributed by atoms with Crippen molar-refractivity contribution in [2.75, 3.05) is 11.9 Å². The number of amides is 1. The number of nitro groups is 1. The molecule has 2 N–H and O–H groups in total. The van der Waals surface area contributed by atoms with E-state index in [1.54, 1.807) is 0 Å². The number of hydrogen-bond donors (Lipinski definition) is 2. The highest BCUT2D eigenvalue weighted by molar-refractivity contribution is 5.86. The Bertz CT molecular complexity index is 449. The fourth-order valence-corrected chi connectivity index (χ4v) is 1.75. The topological polar surface area (TPSA) is 97.2 Å². The van der Waals surface area contributed by atoms with Gasteiger partial charge in [-0.05, 0) is 18.9 Å². The largest absolute Gasteiger partial charge is 0.368 e. The normalized spacial score (nSPS) is 19.5. The highest BCUT2D eigenvalue weighted by atomic mass is 16.6. The number of carbonyl (C=O) groups is 1. The third-order valence-corrected chi connectivity index (χ3v) is 2.61. The van der Waals surface area contributed by atoms with Crippen molar-refractivity contribution in [1.82, 2.24) is 10.3 Å². The van der Waals surface area contributed by atoms with Crippen molar-refractivity contribution >= 4 is 17.3 Å². The molecule has 0 spiro atoms. The van der Waals surface area contributed by atoms with Gasteiger partial charge in [-0.25, -0.2) is 0 Å². The number of hydrogen-bond acceptors (Lipinski definition) is 5. The first kappa shape index (κ1) is 11.3. The van der Waals surface area contributed by atoms with Gasteiger partial charge in [0.1, 0.15) is 17.9 Å². The standard InChI is InChI=1S/C10H12N4O3/c15-10-8(2-1-4-12-10)13-7-3-5-11-6-9(7)14(16)17/h3,5-6,8H,1-2,4H2,(H,11,13)(H,12,15). The number of nitrogens with zero attached hydrogens (tertiary/aromatic N) is 2. The highest BCUT2D eigenvalue weighted by Crippen LogP contribution is 2.23. The summed E-state index contributed by atoms with van der Waals surface area (Å²) in [5, 5.41) is 16.4. The third-order valence-electron chi connectivity index (χ3n) is 2.61. The van der Waals surface area contributed by atoms with Crippen LogP contribution in [0.4, 0.5) is 11.4 Å². The molecule has 1 aliphatic heterocycles. The molecule has 90 valence electrons. The molecule has 1 unspecified atom stereocenters. The summed E-state index contributed by atoms with van der Waals surface area (Å²) >= 11 is 0. The lowest BCUT2D eigenvalue weighted by atomic mass is 10.1. The van der Waals surface area contributed by atoms with Crippen LogP contribution in [0.5, 0.6) is 0 Å². The summed E-state index contributed by atoms with van der Waals surface area (Å²) in [6, 6.07) is 1.09. The van der Waals surface area contributed by atoms with E-state index < -0.39 is 11.0 Å². The number of nitrogens with one attached hydrogen (secondary N) is 2. The monoisotopic (exact) mass is 236 g/mol. The molecular formula is C10H12N4O3. The Hall–Kier alpha value is -2.18. The lowest BCUT2D eigenvalue weighted by Gasteiger charge is -2.23. The van der Waals surface area contributed by atoms with Crippen LogP contribution in [0.1, 0.15) is 12.8 Å². The summed E-state index contributed by atoms with van der Waals surface area (Å²) < 4.78 is 0. The molecule has 2 rings (SSSR count). The maximum atomic E-state index is 11.5. The molecule has 0 bridgehead atoms. The van der Waals surface area contributed by atoms with Crippen LogP contribution < -0.4 is 10.6 Å². The molecule has 1 saturated heterocycles. The predicted octanol–water partition coefficient (Wildman–Crippen LogP) is 0.680. The van der Waals surface area contributed by atoms with Crippen LogP contribution in [0.15, 0.2) is 18.5 Å². The smallest absolute Gasteiger partial charge is 0.310 e. The van der Waals surface area contributed by atoms with E-state index in [9.17, 15) is 14.9 Å². The minimum absolute atomic E-state index is 0.120. The third kappa shape index (κ3) is 2.49. The van der Waals surface area contributed by atoms with Gasteiger partial charge in [0, 0.05) is 12.7 Å². The minimum Gasteiger partial charge on any atom is -0.368 e. The van der Waals surface area contributed by atoms with Gasteiger partial charge in [0.2, 0.25) is 5.91 Å². The molecule has 0 aliphatic carbocycles. The van der Waals surface area contributed by atoms with Gasteiger partial charge in [0.15, 0.2) is 0 Å². The van der Waals surface area contributed by atoms with Crippen LogP contribution in [-0.2, 0) is 4.79 Å².